The summed E-state index contributed by atoms with van der Waals surface area (Å²) in [5.74, 6) is 0.636. The van der Waals surface area contributed by atoms with Crippen LogP contribution < -0.4 is 20.9 Å². The van der Waals surface area contributed by atoms with Crippen LogP contribution in [0.3, 0.4) is 0 Å². The molecule has 0 spiro atoms. The van der Waals surface area contributed by atoms with Crippen molar-refractivity contribution in [3.05, 3.63) is 88.9 Å². The van der Waals surface area contributed by atoms with E-state index < -0.39 is 16.1 Å². The Morgan fingerprint density at radius 3 is 2.62 bits per heavy atom. The Hall–Kier alpha value is -3.31. The summed E-state index contributed by atoms with van der Waals surface area (Å²) in [5, 5.41) is 8.34. The van der Waals surface area contributed by atoms with Crippen LogP contribution in [-0.4, -0.2) is 32.4 Å². The van der Waals surface area contributed by atoms with Gasteiger partial charge >= 0.3 is 0 Å². The van der Waals surface area contributed by atoms with Gasteiger partial charge in [-0.15, -0.1) is 11.3 Å². The minimum absolute atomic E-state index is 0.0479. The molecule has 8 nitrogen and oxygen atoms in total. The molecule has 10 heteroatoms. The molecule has 1 atom stereocenters. The van der Waals surface area contributed by atoms with Gasteiger partial charge in [0.25, 0.3) is 0 Å². The summed E-state index contributed by atoms with van der Waals surface area (Å²) in [6, 6.07) is 20.4. The first-order valence-corrected chi connectivity index (χ1v) is 12.9. The molecule has 0 aliphatic rings. The number of hydrogen-bond donors (Lipinski definition) is 4. The van der Waals surface area contributed by atoms with Gasteiger partial charge in [0.15, 0.2) is 0 Å². The summed E-state index contributed by atoms with van der Waals surface area (Å²) in [5.41, 5.74) is 13.3. The predicted molar refractivity (Wildman–Crippen MR) is 135 cm³/mol. The van der Waals surface area contributed by atoms with Crippen LogP contribution in [0.2, 0.25) is 0 Å². The standard InChI is InChI=1S/C24H25N5O3S2/c25-11-12-32-18-9-10-20-22(15-18)33-24(28-20)21(14-16-5-4-6-17(13-16)23(26)27)29-34(30,31)19-7-2-1-3-8-19/h1-10,13,15,21,29H,11-12,14,25H2,(H3,26,27). The number of ether oxygens (including phenoxy) is 1. The summed E-state index contributed by atoms with van der Waals surface area (Å²) < 4.78 is 35.6. The Morgan fingerprint density at radius 2 is 1.88 bits per heavy atom. The number of aromatic nitrogens is 1. The van der Waals surface area contributed by atoms with Gasteiger partial charge in [-0.1, -0.05) is 36.4 Å². The lowest BCUT2D eigenvalue weighted by atomic mass is 10.0. The number of benzene rings is 3. The Balaban J connectivity index is 1.71. The van der Waals surface area contributed by atoms with Crippen molar-refractivity contribution in [1.82, 2.24) is 9.71 Å². The highest BCUT2D eigenvalue weighted by atomic mass is 32.2. The highest BCUT2D eigenvalue weighted by Gasteiger charge is 2.25. The zero-order chi connectivity index (χ0) is 24.1. The molecule has 0 aliphatic carbocycles. The van der Waals surface area contributed by atoms with Gasteiger partial charge in [-0.3, -0.25) is 5.41 Å². The first-order chi connectivity index (χ1) is 16.4. The zero-order valence-electron chi connectivity index (χ0n) is 18.3. The van der Waals surface area contributed by atoms with Gasteiger partial charge in [-0.25, -0.2) is 18.1 Å². The summed E-state index contributed by atoms with van der Waals surface area (Å²) in [7, 11) is -3.80. The second kappa shape index (κ2) is 10.3. The van der Waals surface area contributed by atoms with Gasteiger partial charge in [0.2, 0.25) is 10.0 Å². The maximum atomic E-state index is 13.1. The molecule has 1 heterocycles. The van der Waals surface area contributed by atoms with E-state index in [1.807, 2.05) is 24.3 Å². The molecule has 0 amide bonds. The Kier molecular flexibility index (Phi) is 7.23. The average Bonchev–Trinajstić information content (AvgIpc) is 3.26. The first kappa shape index (κ1) is 23.8. The number of nitrogens with two attached hydrogens (primary N) is 2. The van der Waals surface area contributed by atoms with E-state index in [4.69, 9.17) is 26.6 Å². The van der Waals surface area contributed by atoms with Crippen LogP contribution in [0.5, 0.6) is 5.75 Å². The second-order valence-corrected chi connectivity index (χ2v) is 10.4. The molecule has 34 heavy (non-hydrogen) atoms. The third kappa shape index (κ3) is 5.60. The first-order valence-electron chi connectivity index (χ1n) is 10.6. The molecule has 4 rings (SSSR count). The molecular formula is C24H25N5O3S2. The fourth-order valence-corrected chi connectivity index (χ4v) is 5.82. The maximum absolute atomic E-state index is 13.1. The van der Waals surface area contributed by atoms with Gasteiger partial charge in [-0.05, 0) is 48.4 Å². The number of rotatable bonds is 10. The van der Waals surface area contributed by atoms with E-state index in [0.29, 0.717) is 35.9 Å². The molecule has 0 bridgehead atoms. The normalized spacial score (nSPS) is 12.5. The van der Waals surface area contributed by atoms with E-state index >= 15 is 0 Å². The summed E-state index contributed by atoms with van der Waals surface area (Å²) in [6.07, 6.45) is 0.337. The summed E-state index contributed by atoms with van der Waals surface area (Å²) >= 11 is 1.40. The Labute approximate surface area is 202 Å². The fourth-order valence-electron chi connectivity index (χ4n) is 3.47. The average molecular weight is 496 g/mol. The van der Waals surface area contributed by atoms with Crippen molar-refractivity contribution >= 4 is 37.4 Å². The quantitative estimate of drug-likeness (QED) is 0.196. The molecule has 3 aromatic carbocycles. The molecule has 6 N–H and O–H groups in total. The van der Waals surface area contributed by atoms with Crippen LogP contribution >= 0.6 is 11.3 Å². The Bertz CT molecular complexity index is 1400. The lowest BCUT2D eigenvalue weighted by molar-refractivity contribution is 0.329. The minimum atomic E-state index is -3.80. The van der Waals surface area contributed by atoms with E-state index in [1.165, 1.54) is 11.3 Å². The summed E-state index contributed by atoms with van der Waals surface area (Å²) in [6.45, 7) is 0.817. The van der Waals surface area contributed by atoms with Gasteiger partial charge in [0.1, 0.15) is 23.2 Å². The number of fused-ring (bicyclic) bond motifs is 1. The second-order valence-electron chi connectivity index (χ2n) is 7.62. The molecule has 0 saturated heterocycles. The van der Waals surface area contributed by atoms with Crippen molar-refractivity contribution in [2.45, 2.75) is 17.4 Å². The van der Waals surface area contributed by atoms with Crippen molar-refractivity contribution in [3.8, 4) is 5.75 Å². The number of hydrogen-bond acceptors (Lipinski definition) is 7. The van der Waals surface area contributed by atoms with E-state index in [-0.39, 0.29) is 10.7 Å². The summed E-state index contributed by atoms with van der Waals surface area (Å²) in [4.78, 5) is 4.89. The lowest BCUT2D eigenvalue weighted by Gasteiger charge is -2.17. The molecule has 176 valence electrons. The van der Waals surface area contributed by atoms with Crippen LogP contribution in [0.1, 0.15) is 22.2 Å². The number of thiazole rings is 1. The van der Waals surface area contributed by atoms with Crippen LogP contribution in [0.15, 0.2) is 77.7 Å². The van der Waals surface area contributed by atoms with Crippen molar-refractivity contribution in [2.24, 2.45) is 11.5 Å². The number of amidine groups is 1. The van der Waals surface area contributed by atoms with Crippen molar-refractivity contribution in [3.63, 3.8) is 0 Å². The Morgan fingerprint density at radius 1 is 1.09 bits per heavy atom. The molecule has 1 aromatic heterocycles. The van der Waals surface area contributed by atoms with Crippen LogP contribution in [0, 0.1) is 5.41 Å². The van der Waals surface area contributed by atoms with Crippen molar-refractivity contribution < 1.29 is 13.2 Å². The number of nitrogens with zero attached hydrogens (tertiary/aromatic N) is 1. The predicted octanol–water partition coefficient (Wildman–Crippen LogP) is 3.18. The lowest BCUT2D eigenvalue weighted by Crippen LogP contribution is -2.30. The van der Waals surface area contributed by atoms with E-state index in [1.54, 1.807) is 48.5 Å². The molecule has 4 aromatic rings. The third-order valence-corrected chi connectivity index (χ3v) is 7.71. The topological polar surface area (TPSA) is 144 Å². The highest BCUT2D eigenvalue weighted by Crippen LogP contribution is 2.32. The number of nitrogens with one attached hydrogen (secondary N) is 2. The van der Waals surface area contributed by atoms with Gasteiger partial charge in [0, 0.05) is 12.1 Å². The minimum Gasteiger partial charge on any atom is -0.492 e. The van der Waals surface area contributed by atoms with Gasteiger partial charge in [0.05, 0.1) is 21.2 Å². The largest absolute Gasteiger partial charge is 0.492 e. The van der Waals surface area contributed by atoms with Crippen molar-refractivity contribution in [2.75, 3.05) is 13.2 Å². The smallest absolute Gasteiger partial charge is 0.241 e. The molecule has 1 unspecified atom stereocenters. The number of sulfonamides is 1. The molecule has 0 aliphatic heterocycles. The monoisotopic (exact) mass is 495 g/mol. The molecule has 0 saturated carbocycles. The van der Waals surface area contributed by atoms with Crippen molar-refractivity contribution in [1.29, 1.82) is 5.41 Å². The van der Waals surface area contributed by atoms with Crippen LogP contribution in [0.4, 0.5) is 0 Å². The van der Waals surface area contributed by atoms with Crippen LogP contribution in [0.25, 0.3) is 10.2 Å². The molecule has 0 fully saturated rings. The van der Waals surface area contributed by atoms with E-state index in [9.17, 15) is 8.42 Å². The zero-order valence-corrected chi connectivity index (χ0v) is 19.9. The number of nitrogen functional groups attached to an aromatic ring is 1. The molecule has 0 radical (unpaired) electrons. The van der Waals surface area contributed by atoms with E-state index in [2.05, 4.69) is 4.72 Å². The fraction of sp³-hybridized carbons (Fsp3) is 0.167. The van der Waals surface area contributed by atoms with Crippen LogP contribution in [-0.2, 0) is 16.4 Å². The SMILES string of the molecule is N=C(N)c1cccc(CC(NS(=O)(=O)c2ccccc2)c2nc3ccc(OCCN)cc3s2)c1. The van der Waals surface area contributed by atoms with E-state index in [0.717, 1.165) is 15.8 Å². The highest BCUT2D eigenvalue weighted by molar-refractivity contribution is 7.89. The van der Waals surface area contributed by atoms with Gasteiger partial charge in [-0.2, -0.15) is 0 Å². The molecular weight excluding hydrogens is 470 g/mol. The van der Waals surface area contributed by atoms with Gasteiger partial charge < -0.3 is 16.2 Å². The third-order valence-electron chi connectivity index (χ3n) is 5.09. The maximum Gasteiger partial charge on any atom is 0.241 e.